The molecule has 1 amide bonds. The average Bonchev–Trinajstić information content (AvgIpc) is 2.73. The summed E-state index contributed by atoms with van der Waals surface area (Å²) in [5.41, 5.74) is 2.54. The van der Waals surface area contributed by atoms with Crippen molar-refractivity contribution in [1.29, 1.82) is 0 Å². The van der Waals surface area contributed by atoms with Gasteiger partial charge in [0.15, 0.2) is 15.8 Å². The molecule has 0 spiro atoms. The van der Waals surface area contributed by atoms with Crippen LogP contribution in [0.2, 0.25) is 0 Å². The summed E-state index contributed by atoms with van der Waals surface area (Å²) in [6, 6.07) is 12.6. The van der Waals surface area contributed by atoms with Crippen molar-refractivity contribution in [3.05, 3.63) is 59.2 Å². The Labute approximate surface area is 184 Å². The first-order valence-corrected chi connectivity index (χ1v) is 11.8. The minimum atomic E-state index is -3.25. The maximum absolute atomic E-state index is 12.2. The highest BCUT2D eigenvalue weighted by Gasteiger charge is 2.11. The van der Waals surface area contributed by atoms with E-state index in [4.69, 9.17) is 4.74 Å². The minimum Gasteiger partial charge on any atom is -0.497 e. The molecular weight excluding hydrogens is 416 g/mol. The van der Waals surface area contributed by atoms with E-state index in [2.05, 4.69) is 20.9 Å². The number of ether oxygens (including phenoxy) is 1. The fraction of sp³-hybridized carbons (Fsp3) is 0.364. The van der Waals surface area contributed by atoms with Crippen LogP contribution in [-0.4, -0.2) is 46.7 Å². The van der Waals surface area contributed by atoms with Crippen LogP contribution in [0.4, 0.5) is 0 Å². The van der Waals surface area contributed by atoms with Gasteiger partial charge in [0.05, 0.1) is 25.1 Å². The van der Waals surface area contributed by atoms with Crippen molar-refractivity contribution in [2.75, 3.05) is 26.5 Å². The van der Waals surface area contributed by atoms with Crippen LogP contribution in [0.15, 0.2) is 52.4 Å². The molecule has 0 aromatic heterocycles. The number of rotatable bonds is 9. The van der Waals surface area contributed by atoms with Gasteiger partial charge in [0, 0.05) is 19.3 Å². The number of carbonyl (C=O) groups is 1. The van der Waals surface area contributed by atoms with Crippen molar-refractivity contribution in [3.8, 4) is 5.75 Å². The lowest BCUT2D eigenvalue weighted by molar-refractivity contribution is -0.120. The number of nitrogens with zero attached hydrogens (tertiary/aromatic N) is 1. The Morgan fingerprint density at radius 3 is 2.29 bits per heavy atom. The molecule has 0 radical (unpaired) electrons. The monoisotopic (exact) mass is 446 g/mol. The second kappa shape index (κ2) is 11.4. The average molecular weight is 447 g/mol. The molecule has 0 aliphatic rings. The van der Waals surface area contributed by atoms with Crippen LogP contribution in [-0.2, 0) is 27.7 Å². The number of benzene rings is 2. The molecule has 0 aliphatic heterocycles. The molecule has 0 atom stereocenters. The summed E-state index contributed by atoms with van der Waals surface area (Å²) in [6.45, 7) is 5.20. The predicted octanol–water partition coefficient (Wildman–Crippen LogP) is 1.78. The lowest BCUT2D eigenvalue weighted by Crippen LogP contribution is -2.43. The summed E-state index contributed by atoms with van der Waals surface area (Å²) in [5, 5.41) is 8.95. The number of hydrogen-bond acceptors (Lipinski definition) is 5. The first kappa shape index (κ1) is 24.2. The molecule has 0 saturated heterocycles. The van der Waals surface area contributed by atoms with Crippen molar-refractivity contribution >= 4 is 21.7 Å². The summed E-state index contributed by atoms with van der Waals surface area (Å²) in [7, 11) is -1.64. The number of sulfone groups is 1. The van der Waals surface area contributed by atoms with Crippen LogP contribution in [0.3, 0.4) is 0 Å². The highest BCUT2D eigenvalue weighted by molar-refractivity contribution is 7.90. The van der Waals surface area contributed by atoms with Gasteiger partial charge in [-0.25, -0.2) is 13.4 Å². The van der Waals surface area contributed by atoms with Gasteiger partial charge in [0.25, 0.3) is 0 Å². The van der Waals surface area contributed by atoms with Crippen molar-refractivity contribution in [1.82, 2.24) is 16.0 Å². The number of amides is 1. The van der Waals surface area contributed by atoms with Crippen LogP contribution in [0.5, 0.6) is 5.75 Å². The highest BCUT2D eigenvalue weighted by atomic mass is 32.2. The van der Waals surface area contributed by atoms with Crippen LogP contribution in [0.25, 0.3) is 0 Å². The first-order chi connectivity index (χ1) is 14.7. The SMILES string of the molecule is CCNC(=NCc1ccc(S(C)(=O)=O)c(C)c1)NCC(=O)NCc1ccc(OC)cc1. The topological polar surface area (TPSA) is 109 Å². The van der Waals surface area contributed by atoms with Gasteiger partial charge < -0.3 is 20.7 Å². The van der Waals surface area contributed by atoms with Crippen molar-refractivity contribution in [2.24, 2.45) is 4.99 Å². The smallest absolute Gasteiger partial charge is 0.239 e. The number of aryl methyl sites for hydroxylation is 1. The molecule has 8 nitrogen and oxygen atoms in total. The summed E-state index contributed by atoms with van der Waals surface area (Å²) in [4.78, 5) is 17.0. The largest absolute Gasteiger partial charge is 0.497 e. The summed E-state index contributed by atoms with van der Waals surface area (Å²) < 4.78 is 28.6. The number of carbonyl (C=O) groups excluding carboxylic acids is 1. The maximum atomic E-state index is 12.2. The zero-order valence-corrected chi connectivity index (χ0v) is 19.2. The van der Waals surface area contributed by atoms with Gasteiger partial charge in [-0.2, -0.15) is 0 Å². The van der Waals surface area contributed by atoms with E-state index in [-0.39, 0.29) is 12.5 Å². The van der Waals surface area contributed by atoms with E-state index in [0.29, 0.717) is 36.1 Å². The van der Waals surface area contributed by atoms with E-state index in [1.807, 2.05) is 37.3 Å². The molecule has 3 N–H and O–H groups in total. The third-order valence-electron chi connectivity index (χ3n) is 4.47. The molecule has 0 saturated carbocycles. The molecule has 0 unspecified atom stereocenters. The summed E-state index contributed by atoms with van der Waals surface area (Å²) >= 11 is 0. The van der Waals surface area contributed by atoms with Crippen molar-refractivity contribution in [2.45, 2.75) is 31.8 Å². The van der Waals surface area contributed by atoms with Gasteiger partial charge in [-0.05, 0) is 48.7 Å². The molecule has 2 aromatic carbocycles. The Morgan fingerprint density at radius 1 is 1.03 bits per heavy atom. The normalized spacial score (nSPS) is 11.7. The Hall–Kier alpha value is -3.07. The van der Waals surface area contributed by atoms with E-state index < -0.39 is 9.84 Å². The van der Waals surface area contributed by atoms with Crippen LogP contribution in [0, 0.1) is 6.92 Å². The Kier molecular flexibility index (Phi) is 8.87. The molecule has 0 aliphatic carbocycles. The molecule has 168 valence electrons. The maximum Gasteiger partial charge on any atom is 0.239 e. The molecule has 2 rings (SSSR count). The van der Waals surface area contributed by atoms with E-state index >= 15 is 0 Å². The van der Waals surface area contributed by atoms with E-state index in [1.54, 1.807) is 26.2 Å². The molecular formula is C22H30N4O4S. The molecule has 9 heteroatoms. The number of methoxy groups -OCH3 is 1. The van der Waals surface area contributed by atoms with E-state index in [9.17, 15) is 13.2 Å². The van der Waals surface area contributed by atoms with Gasteiger partial charge in [-0.15, -0.1) is 0 Å². The van der Waals surface area contributed by atoms with Gasteiger partial charge >= 0.3 is 0 Å². The summed E-state index contributed by atoms with van der Waals surface area (Å²) in [6.07, 6.45) is 1.19. The number of guanidine groups is 1. The quantitative estimate of drug-likeness (QED) is 0.400. The van der Waals surface area contributed by atoms with Gasteiger partial charge in [-0.3, -0.25) is 4.79 Å². The van der Waals surface area contributed by atoms with E-state index in [0.717, 1.165) is 16.9 Å². The molecule has 0 heterocycles. The van der Waals surface area contributed by atoms with Gasteiger partial charge in [0.2, 0.25) is 5.91 Å². The minimum absolute atomic E-state index is 0.0774. The zero-order chi connectivity index (χ0) is 22.9. The Bertz CT molecular complexity index is 1020. The fourth-order valence-corrected chi connectivity index (χ4v) is 3.87. The molecule has 0 bridgehead atoms. The van der Waals surface area contributed by atoms with Gasteiger partial charge in [0.1, 0.15) is 5.75 Å². The molecule has 2 aromatic rings. The number of aliphatic imine (C=N–C) groups is 1. The molecule has 31 heavy (non-hydrogen) atoms. The van der Waals surface area contributed by atoms with Gasteiger partial charge in [-0.1, -0.05) is 24.3 Å². The lowest BCUT2D eigenvalue weighted by atomic mass is 10.1. The predicted molar refractivity (Wildman–Crippen MR) is 122 cm³/mol. The lowest BCUT2D eigenvalue weighted by Gasteiger charge is -2.12. The second-order valence-electron chi connectivity index (χ2n) is 7.05. The van der Waals surface area contributed by atoms with Crippen LogP contribution < -0.4 is 20.7 Å². The second-order valence-corrected chi connectivity index (χ2v) is 9.03. The third kappa shape index (κ3) is 7.93. The number of hydrogen-bond donors (Lipinski definition) is 3. The highest BCUT2D eigenvalue weighted by Crippen LogP contribution is 2.17. The molecule has 0 fully saturated rings. The third-order valence-corrected chi connectivity index (χ3v) is 5.72. The van der Waals surface area contributed by atoms with Crippen molar-refractivity contribution < 1.29 is 17.9 Å². The number of nitrogens with one attached hydrogen (secondary N) is 3. The van der Waals surface area contributed by atoms with Crippen LogP contribution in [0.1, 0.15) is 23.6 Å². The van der Waals surface area contributed by atoms with Crippen molar-refractivity contribution in [3.63, 3.8) is 0 Å². The Balaban J connectivity index is 1.90. The fourth-order valence-electron chi connectivity index (χ4n) is 2.91. The Morgan fingerprint density at radius 2 is 1.71 bits per heavy atom. The first-order valence-electron chi connectivity index (χ1n) is 9.94. The standard InChI is InChI=1S/C22H30N4O4S/c1-5-23-22(25-14-18-8-11-20(16(2)12-18)31(4,28)29)26-15-21(27)24-13-17-6-9-19(30-3)10-7-17/h6-12H,5,13-15H2,1-4H3,(H,24,27)(H2,23,25,26). The zero-order valence-electron chi connectivity index (χ0n) is 18.4. The van der Waals surface area contributed by atoms with Crippen LogP contribution >= 0.6 is 0 Å². The summed E-state index contributed by atoms with van der Waals surface area (Å²) in [5.74, 6) is 1.12. The van der Waals surface area contributed by atoms with E-state index in [1.165, 1.54) is 6.26 Å².